The first-order valence-corrected chi connectivity index (χ1v) is 8.43. The zero-order valence-electron chi connectivity index (χ0n) is 14.6. The Labute approximate surface area is 151 Å². The summed E-state index contributed by atoms with van der Waals surface area (Å²) < 4.78 is 3.84. The van der Waals surface area contributed by atoms with Crippen LogP contribution in [0.15, 0.2) is 67.3 Å². The number of aryl methyl sites for hydroxylation is 1. The molecule has 1 atom stereocenters. The fraction of sp³-hybridized carbons (Fsp3) is 0.150. The molecule has 2 heterocycles. The van der Waals surface area contributed by atoms with Gasteiger partial charge in [0.05, 0.1) is 17.4 Å². The summed E-state index contributed by atoms with van der Waals surface area (Å²) in [6.07, 6.45) is 5.08. The van der Waals surface area contributed by atoms with Crippen molar-refractivity contribution in [3.05, 3.63) is 67.3 Å². The molecule has 0 bridgehead atoms. The summed E-state index contributed by atoms with van der Waals surface area (Å²) in [5, 5.41) is 2.94. The Morgan fingerprint density at radius 3 is 2.58 bits per heavy atom. The molecule has 0 aliphatic carbocycles. The summed E-state index contributed by atoms with van der Waals surface area (Å²) in [6.45, 7) is 1.84. The van der Waals surface area contributed by atoms with Crippen LogP contribution < -0.4 is 5.32 Å². The van der Waals surface area contributed by atoms with E-state index in [4.69, 9.17) is 4.98 Å². The lowest BCUT2D eigenvalue weighted by Crippen LogP contribution is -2.22. The third-order valence-electron chi connectivity index (χ3n) is 4.55. The minimum absolute atomic E-state index is 0.0847. The van der Waals surface area contributed by atoms with Gasteiger partial charge in [0.2, 0.25) is 5.91 Å². The van der Waals surface area contributed by atoms with E-state index < -0.39 is 0 Å². The van der Waals surface area contributed by atoms with Crippen LogP contribution in [0.4, 0.5) is 5.69 Å². The summed E-state index contributed by atoms with van der Waals surface area (Å²) in [5.41, 5.74) is 3.82. The molecule has 1 N–H and O–H groups in total. The smallest absolute Gasteiger partial charge is 0.247 e. The third-order valence-corrected chi connectivity index (χ3v) is 4.55. The number of aromatic nitrogens is 4. The molecule has 0 aliphatic rings. The van der Waals surface area contributed by atoms with Crippen molar-refractivity contribution in [2.24, 2.45) is 7.05 Å². The van der Waals surface area contributed by atoms with E-state index in [2.05, 4.69) is 20.9 Å². The van der Waals surface area contributed by atoms with Crippen LogP contribution in [0, 0.1) is 0 Å². The van der Waals surface area contributed by atoms with Gasteiger partial charge in [-0.1, -0.05) is 12.1 Å². The predicted octanol–water partition coefficient (Wildman–Crippen LogP) is 3.64. The molecule has 2 aromatic heterocycles. The van der Waals surface area contributed by atoms with E-state index in [1.165, 1.54) is 0 Å². The van der Waals surface area contributed by atoms with Gasteiger partial charge >= 0.3 is 0 Å². The van der Waals surface area contributed by atoms with Crippen molar-refractivity contribution in [1.82, 2.24) is 19.1 Å². The average Bonchev–Trinajstić information content (AvgIpc) is 3.31. The molecule has 0 saturated heterocycles. The zero-order valence-corrected chi connectivity index (χ0v) is 14.6. The molecule has 0 unspecified atom stereocenters. The summed E-state index contributed by atoms with van der Waals surface area (Å²) >= 11 is 0. The molecular formula is C20H19N5O. The molecule has 6 heteroatoms. The molecule has 4 aromatic rings. The number of imidazole rings is 2. The number of rotatable bonds is 4. The van der Waals surface area contributed by atoms with Gasteiger partial charge < -0.3 is 14.5 Å². The van der Waals surface area contributed by atoms with Gasteiger partial charge in [-0.15, -0.1) is 0 Å². The molecule has 2 aromatic carbocycles. The summed E-state index contributed by atoms with van der Waals surface area (Å²) in [7, 11) is 2.01. The Bertz CT molecular complexity index is 1050. The summed E-state index contributed by atoms with van der Waals surface area (Å²) in [6, 6.07) is 15.5. The molecule has 1 amide bonds. The van der Waals surface area contributed by atoms with E-state index in [9.17, 15) is 4.79 Å². The molecule has 0 radical (unpaired) electrons. The van der Waals surface area contributed by atoms with E-state index >= 15 is 0 Å². The minimum Gasteiger partial charge on any atom is -0.327 e. The normalized spacial score (nSPS) is 12.2. The molecule has 0 fully saturated rings. The highest BCUT2D eigenvalue weighted by molar-refractivity contribution is 5.93. The maximum absolute atomic E-state index is 12.4. The lowest BCUT2D eigenvalue weighted by atomic mass is 10.2. The van der Waals surface area contributed by atoms with E-state index in [0.717, 1.165) is 28.1 Å². The number of anilines is 1. The molecule has 6 nitrogen and oxygen atoms in total. The number of carbonyl (C=O) groups is 1. The maximum Gasteiger partial charge on any atom is 0.247 e. The van der Waals surface area contributed by atoms with E-state index in [1.807, 2.05) is 56.4 Å². The molecule has 130 valence electrons. The lowest BCUT2D eigenvalue weighted by Gasteiger charge is -2.13. The van der Waals surface area contributed by atoms with Crippen LogP contribution in [0.25, 0.3) is 22.4 Å². The fourth-order valence-corrected chi connectivity index (χ4v) is 2.99. The number of nitrogens with one attached hydrogen (secondary N) is 1. The number of fused-ring (bicyclic) bond motifs is 1. The SMILES string of the molecule is C[C@H](C(=O)Nc1ccc(-c2nc3ccccc3n2C)cc1)n1ccnc1. The first kappa shape index (κ1) is 16.1. The first-order valence-electron chi connectivity index (χ1n) is 8.43. The number of nitrogens with zero attached hydrogens (tertiary/aromatic N) is 4. The monoisotopic (exact) mass is 345 g/mol. The van der Waals surface area contributed by atoms with Crippen molar-refractivity contribution >= 4 is 22.6 Å². The van der Waals surface area contributed by atoms with Crippen molar-refractivity contribution in [1.29, 1.82) is 0 Å². The molecule has 0 saturated carbocycles. The van der Waals surface area contributed by atoms with Crippen LogP contribution in [0.1, 0.15) is 13.0 Å². The second-order valence-electron chi connectivity index (χ2n) is 6.24. The Balaban J connectivity index is 1.55. The van der Waals surface area contributed by atoms with Crippen LogP contribution >= 0.6 is 0 Å². The van der Waals surface area contributed by atoms with Crippen LogP contribution in [0.5, 0.6) is 0 Å². The van der Waals surface area contributed by atoms with Gasteiger partial charge in [-0.05, 0) is 43.3 Å². The van der Waals surface area contributed by atoms with Crippen molar-refractivity contribution in [3.8, 4) is 11.4 Å². The van der Waals surface area contributed by atoms with Crippen molar-refractivity contribution in [2.45, 2.75) is 13.0 Å². The Kier molecular flexibility index (Phi) is 4.01. The van der Waals surface area contributed by atoms with Crippen molar-refractivity contribution in [3.63, 3.8) is 0 Å². The number of benzene rings is 2. The van der Waals surface area contributed by atoms with Crippen molar-refractivity contribution < 1.29 is 4.79 Å². The maximum atomic E-state index is 12.4. The van der Waals surface area contributed by atoms with Crippen LogP contribution in [-0.2, 0) is 11.8 Å². The highest BCUT2D eigenvalue weighted by Crippen LogP contribution is 2.25. The lowest BCUT2D eigenvalue weighted by molar-refractivity contribution is -0.118. The van der Waals surface area contributed by atoms with Gasteiger partial charge in [-0.2, -0.15) is 0 Å². The third kappa shape index (κ3) is 2.86. The van der Waals surface area contributed by atoms with E-state index in [-0.39, 0.29) is 11.9 Å². The Morgan fingerprint density at radius 2 is 1.88 bits per heavy atom. The van der Waals surface area contributed by atoms with Gasteiger partial charge in [0.15, 0.2) is 0 Å². The first-order chi connectivity index (χ1) is 12.6. The van der Waals surface area contributed by atoms with Crippen LogP contribution in [0.2, 0.25) is 0 Å². The molecule has 0 aliphatic heterocycles. The molecular weight excluding hydrogens is 326 g/mol. The minimum atomic E-state index is -0.322. The van der Waals surface area contributed by atoms with E-state index in [0.29, 0.717) is 0 Å². The number of para-hydroxylation sites is 2. The zero-order chi connectivity index (χ0) is 18.1. The predicted molar refractivity (Wildman–Crippen MR) is 102 cm³/mol. The largest absolute Gasteiger partial charge is 0.327 e. The second kappa shape index (κ2) is 6.48. The van der Waals surface area contributed by atoms with E-state index in [1.54, 1.807) is 23.3 Å². The molecule has 4 rings (SSSR count). The van der Waals surface area contributed by atoms with Gasteiger partial charge in [-0.25, -0.2) is 9.97 Å². The molecule has 26 heavy (non-hydrogen) atoms. The van der Waals surface area contributed by atoms with Gasteiger partial charge in [0.25, 0.3) is 0 Å². The number of hydrogen-bond acceptors (Lipinski definition) is 3. The van der Waals surface area contributed by atoms with Gasteiger partial charge in [0.1, 0.15) is 11.9 Å². The quantitative estimate of drug-likeness (QED) is 0.614. The topological polar surface area (TPSA) is 64.7 Å². The van der Waals surface area contributed by atoms with Crippen LogP contribution in [0.3, 0.4) is 0 Å². The molecule has 0 spiro atoms. The van der Waals surface area contributed by atoms with Crippen molar-refractivity contribution in [2.75, 3.05) is 5.32 Å². The second-order valence-corrected chi connectivity index (χ2v) is 6.24. The Morgan fingerprint density at radius 1 is 1.12 bits per heavy atom. The summed E-state index contributed by atoms with van der Waals surface area (Å²) in [4.78, 5) is 21.0. The number of carbonyl (C=O) groups excluding carboxylic acids is 1. The number of hydrogen-bond donors (Lipinski definition) is 1. The van der Waals surface area contributed by atoms with Crippen LogP contribution in [-0.4, -0.2) is 25.0 Å². The Hall–Kier alpha value is -3.41. The van der Waals surface area contributed by atoms with Gasteiger partial charge in [0, 0.05) is 30.7 Å². The van der Waals surface area contributed by atoms with Gasteiger partial charge in [-0.3, -0.25) is 4.79 Å². The standard InChI is InChI=1S/C20H19N5O/c1-14(25-12-11-21-13-25)20(26)22-16-9-7-15(8-10-16)19-23-17-5-3-4-6-18(17)24(19)2/h3-14H,1-2H3,(H,22,26)/t14-/m1/s1. The number of amides is 1. The fourth-order valence-electron chi connectivity index (χ4n) is 2.99. The highest BCUT2D eigenvalue weighted by atomic mass is 16.2. The summed E-state index contributed by atoms with van der Waals surface area (Å²) in [5.74, 6) is 0.814. The average molecular weight is 345 g/mol. The highest BCUT2D eigenvalue weighted by Gasteiger charge is 2.15.